The fraction of sp³-hybridized carbons (Fsp3) is 0.571. The first-order chi connectivity index (χ1) is 8.81. The predicted octanol–water partition coefficient (Wildman–Crippen LogP) is 2.69. The number of hydrogen-bond donors (Lipinski definition) is 1. The van der Waals surface area contributed by atoms with Crippen molar-refractivity contribution >= 4 is 11.8 Å². The molecule has 1 aromatic carbocycles. The number of thioether (sulfide) groups is 1. The average molecular weight is 267 g/mol. The van der Waals surface area contributed by atoms with Crippen LogP contribution in [0.2, 0.25) is 0 Å². The van der Waals surface area contributed by atoms with Crippen molar-refractivity contribution < 1.29 is 9.47 Å². The number of rotatable bonds is 6. The number of nitrogens with one attached hydrogen (secondary N) is 1. The van der Waals surface area contributed by atoms with Gasteiger partial charge in [0, 0.05) is 17.4 Å². The van der Waals surface area contributed by atoms with Crippen molar-refractivity contribution in [2.45, 2.75) is 25.1 Å². The summed E-state index contributed by atoms with van der Waals surface area (Å²) in [5, 5.41) is 4.18. The first kappa shape index (κ1) is 13.6. The van der Waals surface area contributed by atoms with Gasteiger partial charge in [-0.15, -0.1) is 0 Å². The summed E-state index contributed by atoms with van der Waals surface area (Å²) in [5.74, 6) is 1.78. The molecule has 0 saturated heterocycles. The smallest absolute Gasteiger partial charge is 0.165 e. The maximum atomic E-state index is 5.68. The second kappa shape index (κ2) is 6.90. The van der Waals surface area contributed by atoms with Gasteiger partial charge in [-0.3, -0.25) is 0 Å². The van der Waals surface area contributed by atoms with E-state index in [2.05, 4.69) is 24.6 Å². The molecule has 0 amide bonds. The Morgan fingerprint density at radius 1 is 1.33 bits per heavy atom. The molecule has 4 heteroatoms. The van der Waals surface area contributed by atoms with Crippen LogP contribution in [0.25, 0.3) is 0 Å². The normalized spacial score (nSPS) is 15.4. The maximum absolute atomic E-state index is 5.68. The molecule has 0 saturated carbocycles. The number of fused-ring (bicyclic) bond motifs is 1. The topological polar surface area (TPSA) is 30.5 Å². The van der Waals surface area contributed by atoms with Crippen LogP contribution < -0.4 is 14.8 Å². The Labute approximate surface area is 113 Å². The van der Waals surface area contributed by atoms with Gasteiger partial charge in [0.25, 0.3) is 0 Å². The van der Waals surface area contributed by atoms with Crippen molar-refractivity contribution in [3.63, 3.8) is 0 Å². The van der Waals surface area contributed by atoms with Crippen LogP contribution in [-0.4, -0.2) is 31.3 Å². The van der Waals surface area contributed by atoms with E-state index in [1.54, 1.807) is 0 Å². The van der Waals surface area contributed by atoms with Crippen molar-refractivity contribution in [2.24, 2.45) is 0 Å². The fourth-order valence-corrected chi connectivity index (χ4v) is 2.27. The summed E-state index contributed by atoms with van der Waals surface area (Å²) in [6, 6.07) is 6.08. The van der Waals surface area contributed by atoms with Crippen molar-refractivity contribution in [2.75, 3.05) is 26.0 Å². The molecule has 1 aliphatic heterocycles. The lowest BCUT2D eigenvalue weighted by Crippen LogP contribution is -2.21. The first-order valence-corrected chi connectivity index (χ1v) is 7.71. The van der Waals surface area contributed by atoms with Crippen LogP contribution in [0.15, 0.2) is 18.2 Å². The zero-order valence-corrected chi connectivity index (χ0v) is 11.9. The lowest BCUT2D eigenvalue weighted by Gasteiger charge is -2.21. The van der Waals surface area contributed by atoms with Crippen LogP contribution in [0.5, 0.6) is 11.5 Å². The molecule has 0 aromatic heterocycles. The molecule has 0 fully saturated rings. The summed E-state index contributed by atoms with van der Waals surface area (Å²) < 4.78 is 11.3. The van der Waals surface area contributed by atoms with E-state index in [9.17, 15) is 0 Å². The Kier molecular flexibility index (Phi) is 5.20. The van der Waals surface area contributed by atoms with Crippen LogP contribution in [0.1, 0.15) is 18.9 Å². The molecular formula is C14H21NO2S. The minimum Gasteiger partial charge on any atom is -0.486 e. The number of benzene rings is 1. The summed E-state index contributed by atoms with van der Waals surface area (Å²) in [7, 11) is 0. The van der Waals surface area contributed by atoms with Gasteiger partial charge >= 0.3 is 0 Å². The molecule has 0 radical (unpaired) electrons. The molecule has 3 nitrogen and oxygen atoms in total. The minimum atomic E-state index is 0.646. The Morgan fingerprint density at radius 3 is 3.00 bits per heavy atom. The SMILES string of the molecule is CSC(C)CCNCc1cccc2c1OCCO2. The molecule has 0 bridgehead atoms. The standard InChI is InChI=1S/C14H21NO2S/c1-11(18-2)6-7-15-10-12-4-3-5-13-14(12)17-9-8-16-13/h3-5,11,15H,6-10H2,1-2H3. The lowest BCUT2D eigenvalue weighted by atomic mass is 10.1. The molecule has 1 heterocycles. The zero-order chi connectivity index (χ0) is 12.8. The van der Waals surface area contributed by atoms with Crippen molar-refractivity contribution in [3.05, 3.63) is 23.8 Å². The van der Waals surface area contributed by atoms with Gasteiger partial charge in [0.1, 0.15) is 13.2 Å². The van der Waals surface area contributed by atoms with Crippen LogP contribution in [-0.2, 0) is 6.54 Å². The number of hydrogen-bond acceptors (Lipinski definition) is 4. The van der Waals surface area contributed by atoms with Gasteiger partial charge in [-0.1, -0.05) is 19.1 Å². The summed E-state index contributed by atoms with van der Waals surface area (Å²) in [4.78, 5) is 0. The summed E-state index contributed by atoms with van der Waals surface area (Å²) in [6.45, 7) is 5.43. The highest BCUT2D eigenvalue weighted by molar-refractivity contribution is 7.99. The number of ether oxygens (including phenoxy) is 2. The van der Waals surface area contributed by atoms with Crippen molar-refractivity contribution in [1.29, 1.82) is 0 Å². The molecular weight excluding hydrogens is 246 g/mol. The Morgan fingerprint density at radius 2 is 2.17 bits per heavy atom. The van der Waals surface area contributed by atoms with E-state index >= 15 is 0 Å². The Bertz CT molecular complexity index is 384. The molecule has 0 aliphatic carbocycles. The molecule has 1 N–H and O–H groups in total. The molecule has 1 aliphatic rings. The Balaban J connectivity index is 1.86. The summed E-state index contributed by atoms with van der Waals surface area (Å²) >= 11 is 1.91. The highest BCUT2D eigenvalue weighted by atomic mass is 32.2. The van der Waals surface area contributed by atoms with E-state index < -0.39 is 0 Å². The van der Waals surface area contributed by atoms with Gasteiger partial charge < -0.3 is 14.8 Å². The minimum absolute atomic E-state index is 0.646. The monoisotopic (exact) mass is 267 g/mol. The lowest BCUT2D eigenvalue weighted by molar-refractivity contribution is 0.169. The maximum Gasteiger partial charge on any atom is 0.165 e. The van der Waals surface area contributed by atoms with Crippen LogP contribution in [0.3, 0.4) is 0 Å². The van der Waals surface area contributed by atoms with E-state index in [1.165, 1.54) is 12.0 Å². The Hall–Kier alpha value is -0.870. The third-order valence-electron chi connectivity index (χ3n) is 3.09. The highest BCUT2D eigenvalue weighted by Gasteiger charge is 2.14. The second-order valence-corrected chi connectivity index (χ2v) is 5.73. The third-order valence-corrected chi connectivity index (χ3v) is 4.13. The quantitative estimate of drug-likeness (QED) is 0.803. The molecule has 1 unspecified atom stereocenters. The molecule has 1 aromatic rings. The van der Waals surface area contributed by atoms with Crippen LogP contribution >= 0.6 is 11.8 Å². The van der Waals surface area contributed by atoms with E-state index in [-0.39, 0.29) is 0 Å². The van der Waals surface area contributed by atoms with E-state index in [1.807, 2.05) is 23.9 Å². The van der Waals surface area contributed by atoms with Gasteiger partial charge in [-0.05, 0) is 25.3 Å². The molecule has 1 atom stereocenters. The highest BCUT2D eigenvalue weighted by Crippen LogP contribution is 2.33. The zero-order valence-electron chi connectivity index (χ0n) is 11.1. The third kappa shape index (κ3) is 3.56. The van der Waals surface area contributed by atoms with Crippen molar-refractivity contribution in [1.82, 2.24) is 5.32 Å². The van der Waals surface area contributed by atoms with E-state index in [4.69, 9.17) is 9.47 Å². The van der Waals surface area contributed by atoms with Crippen molar-refractivity contribution in [3.8, 4) is 11.5 Å². The summed E-state index contributed by atoms with van der Waals surface area (Å²) in [6.07, 6.45) is 3.34. The van der Waals surface area contributed by atoms with Crippen LogP contribution in [0, 0.1) is 0 Å². The van der Waals surface area contributed by atoms with Gasteiger partial charge in [-0.2, -0.15) is 11.8 Å². The first-order valence-electron chi connectivity index (χ1n) is 6.42. The second-order valence-electron chi connectivity index (χ2n) is 4.45. The van der Waals surface area contributed by atoms with E-state index in [0.717, 1.165) is 24.6 Å². The van der Waals surface area contributed by atoms with Gasteiger partial charge in [0.2, 0.25) is 0 Å². The largest absolute Gasteiger partial charge is 0.486 e. The molecule has 18 heavy (non-hydrogen) atoms. The van der Waals surface area contributed by atoms with Gasteiger partial charge in [0.05, 0.1) is 0 Å². The van der Waals surface area contributed by atoms with E-state index in [0.29, 0.717) is 18.5 Å². The van der Waals surface area contributed by atoms with Gasteiger partial charge in [0.15, 0.2) is 11.5 Å². The number of para-hydroxylation sites is 1. The fourth-order valence-electron chi connectivity index (χ4n) is 1.92. The van der Waals surface area contributed by atoms with Gasteiger partial charge in [-0.25, -0.2) is 0 Å². The molecule has 100 valence electrons. The molecule has 2 rings (SSSR count). The summed E-state index contributed by atoms with van der Waals surface area (Å²) in [5.41, 5.74) is 1.18. The average Bonchev–Trinajstić information content (AvgIpc) is 2.43. The predicted molar refractivity (Wildman–Crippen MR) is 76.7 cm³/mol. The molecule has 0 spiro atoms. The van der Waals surface area contributed by atoms with Crippen LogP contribution in [0.4, 0.5) is 0 Å².